The molecule has 0 aromatic heterocycles. The molecule has 0 heterocycles. The second-order valence-corrected chi connectivity index (χ2v) is 2.94. The summed E-state index contributed by atoms with van der Waals surface area (Å²) in [7, 11) is 1.48. The summed E-state index contributed by atoms with van der Waals surface area (Å²) in [5, 5.41) is 8.01. The van der Waals surface area contributed by atoms with Crippen molar-refractivity contribution in [3.63, 3.8) is 0 Å². The topological polar surface area (TPSA) is 50.1 Å². The third-order valence-electron chi connectivity index (χ3n) is 1.82. The van der Waals surface area contributed by atoms with Gasteiger partial charge in [-0.2, -0.15) is 5.26 Å². The molecule has 3 nitrogen and oxygen atoms in total. The van der Waals surface area contributed by atoms with Crippen LogP contribution >= 0.6 is 11.6 Å². The molecule has 0 N–H and O–H groups in total. The molecule has 0 aliphatic rings. The van der Waals surface area contributed by atoms with Gasteiger partial charge in [0.2, 0.25) is 0 Å². The highest BCUT2D eigenvalue weighted by atomic mass is 35.5. The van der Waals surface area contributed by atoms with Crippen molar-refractivity contribution in [3.8, 4) is 11.8 Å². The highest BCUT2D eigenvalue weighted by molar-refractivity contribution is 6.68. The number of hydrogen-bond donors (Lipinski definition) is 0. The molecule has 0 bridgehead atoms. The zero-order valence-electron chi connectivity index (χ0n) is 7.58. The second kappa shape index (κ2) is 4.64. The van der Waals surface area contributed by atoms with Crippen LogP contribution in [0.4, 0.5) is 0 Å². The number of hydrogen-bond acceptors (Lipinski definition) is 3. The molecular weight excluding hydrogens is 202 g/mol. The predicted octanol–water partition coefficient (Wildman–Crippen LogP) is 2.14. The van der Waals surface area contributed by atoms with E-state index >= 15 is 0 Å². The van der Waals surface area contributed by atoms with Gasteiger partial charge in [-0.3, -0.25) is 4.79 Å². The third kappa shape index (κ3) is 2.04. The van der Waals surface area contributed by atoms with Crippen molar-refractivity contribution in [3.05, 3.63) is 29.3 Å². The smallest absolute Gasteiger partial charge is 0.252 e. The fraction of sp³-hybridized carbons (Fsp3) is 0.200. The van der Waals surface area contributed by atoms with Gasteiger partial charge >= 0.3 is 0 Å². The van der Waals surface area contributed by atoms with Crippen LogP contribution in [0.3, 0.4) is 0 Å². The van der Waals surface area contributed by atoms with Crippen molar-refractivity contribution in [1.29, 1.82) is 5.26 Å². The van der Waals surface area contributed by atoms with E-state index in [0.717, 1.165) is 0 Å². The Hall–Kier alpha value is -1.53. The van der Waals surface area contributed by atoms with Gasteiger partial charge in [0.05, 0.1) is 19.6 Å². The number of halogens is 1. The summed E-state index contributed by atoms with van der Waals surface area (Å²) in [6, 6.07) is 6.89. The number of carbonyl (C=O) groups excluding carboxylic acids is 1. The van der Waals surface area contributed by atoms with Crippen LogP contribution in [0.25, 0.3) is 0 Å². The second-order valence-electron chi connectivity index (χ2n) is 2.59. The van der Waals surface area contributed by atoms with Crippen LogP contribution in [-0.4, -0.2) is 12.4 Å². The minimum absolute atomic E-state index is 0.109. The van der Waals surface area contributed by atoms with E-state index in [-0.39, 0.29) is 6.42 Å². The van der Waals surface area contributed by atoms with Crippen LogP contribution in [-0.2, 0) is 6.42 Å². The number of carbonyl (C=O) groups is 1. The van der Waals surface area contributed by atoms with Crippen molar-refractivity contribution in [2.24, 2.45) is 0 Å². The Labute approximate surface area is 86.9 Å². The van der Waals surface area contributed by atoms with Crippen LogP contribution in [0.5, 0.6) is 5.75 Å². The molecule has 1 rings (SSSR count). The molecule has 0 atom stereocenters. The summed E-state index contributed by atoms with van der Waals surface area (Å²) in [5.41, 5.74) is 0.866. The van der Waals surface area contributed by atoms with E-state index in [9.17, 15) is 4.79 Å². The molecule has 0 aliphatic heterocycles. The molecule has 0 amide bonds. The molecule has 4 heteroatoms. The lowest BCUT2D eigenvalue weighted by atomic mass is 10.0. The Kier molecular flexibility index (Phi) is 3.49. The quantitative estimate of drug-likeness (QED) is 0.717. The van der Waals surface area contributed by atoms with Crippen molar-refractivity contribution in [2.45, 2.75) is 6.42 Å². The molecule has 0 saturated carbocycles. The van der Waals surface area contributed by atoms with Crippen LogP contribution in [0.1, 0.15) is 15.9 Å². The molecule has 0 saturated heterocycles. The number of nitriles is 1. The Morgan fingerprint density at radius 3 is 2.86 bits per heavy atom. The first-order valence-corrected chi connectivity index (χ1v) is 4.31. The van der Waals surface area contributed by atoms with E-state index in [1.165, 1.54) is 7.11 Å². The highest BCUT2D eigenvalue weighted by Crippen LogP contribution is 2.23. The number of benzene rings is 1. The van der Waals surface area contributed by atoms with E-state index in [1.807, 2.05) is 6.07 Å². The van der Waals surface area contributed by atoms with Gasteiger partial charge in [-0.1, -0.05) is 6.07 Å². The fourth-order valence-corrected chi connectivity index (χ4v) is 1.38. The summed E-state index contributed by atoms with van der Waals surface area (Å²) >= 11 is 5.37. The van der Waals surface area contributed by atoms with Gasteiger partial charge in [0, 0.05) is 11.1 Å². The van der Waals surface area contributed by atoms with Crippen molar-refractivity contribution < 1.29 is 9.53 Å². The summed E-state index contributed by atoms with van der Waals surface area (Å²) in [6.45, 7) is 0. The van der Waals surface area contributed by atoms with Gasteiger partial charge in [-0.05, 0) is 23.7 Å². The summed E-state index contributed by atoms with van der Waals surface area (Å²) in [6.07, 6.45) is 0.109. The fourth-order valence-electron chi connectivity index (χ4n) is 1.20. The van der Waals surface area contributed by atoms with E-state index in [1.54, 1.807) is 18.2 Å². The molecule has 0 unspecified atom stereocenters. The summed E-state index contributed by atoms with van der Waals surface area (Å²) < 4.78 is 5.03. The van der Waals surface area contributed by atoms with Crippen LogP contribution < -0.4 is 4.74 Å². The highest BCUT2D eigenvalue weighted by Gasteiger charge is 2.12. The van der Waals surface area contributed by atoms with E-state index < -0.39 is 5.24 Å². The zero-order chi connectivity index (χ0) is 10.6. The average molecular weight is 210 g/mol. The Morgan fingerprint density at radius 2 is 2.36 bits per heavy atom. The van der Waals surface area contributed by atoms with E-state index in [0.29, 0.717) is 16.9 Å². The zero-order valence-corrected chi connectivity index (χ0v) is 8.34. The first-order chi connectivity index (χ1) is 6.70. The first-order valence-electron chi connectivity index (χ1n) is 3.93. The minimum Gasteiger partial charge on any atom is -0.496 e. The molecular formula is C10H8ClNO2. The molecule has 0 fully saturated rings. The molecule has 72 valence electrons. The Morgan fingerprint density at radius 1 is 1.64 bits per heavy atom. The molecule has 14 heavy (non-hydrogen) atoms. The van der Waals surface area contributed by atoms with Gasteiger partial charge in [-0.15, -0.1) is 0 Å². The number of ether oxygens (including phenoxy) is 1. The van der Waals surface area contributed by atoms with Crippen LogP contribution in [0, 0.1) is 11.3 Å². The third-order valence-corrected chi connectivity index (χ3v) is 2.02. The van der Waals surface area contributed by atoms with Gasteiger partial charge in [0.15, 0.2) is 0 Å². The molecule has 1 aromatic carbocycles. The van der Waals surface area contributed by atoms with E-state index in [2.05, 4.69) is 0 Å². The maximum atomic E-state index is 11.0. The first kappa shape index (κ1) is 10.6. The number of rotatable bonds is 3. The lowest BCUT2D eigenvalue weighted by molar-refractivity contribution is 0.108. The van der Waals surface area contributed by atoms with Gasteiger partial charge in [0.25, 0.3) is 5.24 Å². The number of methoxy groups -OCH3 is 1. The number of nitrogens with zero attached hydrogens (tertiary/aromatic N) is 1. The Bertz CT molecular complexity index is 396. The van der Waals surface area contributed by atoms with Crippen LogP contribution in [0.2, 0.25) is 0 Å². The molecule has 1 aromatic rings. The van der Waals surface area contributed by atoms with Crippen LogP contribution in [0.15, 0.2) is 18.2 Å². The maximum absolute atomic E-state index is 11.0. The maximum Gasteiger partial charge on any atom is 0.252 e. The SMILES string of the molecule is COc1cccc(C(=O)Cl)c1CC#N. The lowest BCUT2D eigenvalue weighted by Gasteiger charge is -2.07. The average Bonchev–Trinajstić information content (AvgIpc) is 2.18. The van der Waals surface area contributed by atoms with Crippen molar-refractivity contribution >= 4 is 16.8 Å². The van der Waals surface area contributed by atoms with Gasteiger partial charge in [0.1, 0.15) is 5.75 Å². The van der Waals surface area contributed by atoms with E-state index in [4.69, 9.17) is 21.6 Å². The standard InChI is InChI=1S/C10H8ClNO2/c1-14-9-4-2-3-8(10(11)13)7(9)5-6-12/h2-4H,5H2,1H3. The summed E-state index contributed by atoms with van der Waals surface area (Å²) in [5.74, 6) is 0.512. The predicted molar refractivity (Wildman–Crippen MR) is 52.5 cm³/mol. The largest absolute Gasteiger partial charge is 0.496 e. The van der Waals surface area contributed by atoms with Crippen molar-refractivity contribution in [1.82, 2.24) is 0 Å². The molecule has 0 aliphatic carbocycles. The van der Waals surface area contributed by atoms with Crippen molar-refractivity contribution in [2.75, 3.05) is 7.11 Å². The Balaban J connectivity index is 3.29. The van der Waals surface area contributed by atoms with Gasteiger partial charge in [-0.25, -0.2) is 0 Å². The van der Waals surface area contributed by atoms with Gasteiger partial charge < -0.3 is 4.74 Å². The summed E-state index contributed by atoms with van der Waals surface area (Å²) in [4.78, 5) is 11.0. The minimum atomic E-state index is -0.575. The lowest BCUT2D eigenvalue weighted by Crippen LogP contribution is -2.00. The normalized spacial score (nSPS) is 9.21. The molecule has 0 spiro atoms. The molecule has 0 radical (unpaired) electrons. The monoisotopic (exact) mass is 209 g/mol.